The van der Waals surface area contributed by atoms with E-state index < -0.39 is 6.04 Å². The Hall–Kier alpha value is -0.880. The maximum absolute atomic E-state index is 12.1. The van der Waals surface area contributed by atoms with E-state index in [1.54, 1.807) is 19.1 Å². The summed E-state index contributed by atoms with van der Waals surface area (Å²) in [5, 5.41) is 5.47. The van der Waals surface area contributed by atoms with Crippen LogP contribution in [0.2, 0.25) is 0 Å². The van der Waals surface area contributed by atoms with Crippen molar-refractivity contribution < 1.29 is 9.59 Å². The van der Waals surface area contributed by atoms with Crippen molar-refractivity contribution in [1.82, 2.24) is 10.6 Å². The van der Waals surface area contributed by atoms with Crippen LogP contribution in [0.4, 0.5) is 0 Å². The Morgan fingerprint density at radius 1 is 1.10 bits per heavy atom. The van der Waals surface area contributed by atoms with E-state index in [1.165, 1.54) is 0 Å². The van der Waals surface area contributed by atoms with Crippen LogP contribution >= 0.6 is 31.9 Å². The summed E-state index contributed by atoms with van der Waals surface area (Å²) >= 11 is 6.66. The summed E-state index contributed by atoms with van der Waals surface area (Å²) in [4.78, 5) is 23.9. The molecule has 4 nitrogen and oxygen atoms in total. The molecule has 0 radical (unpaired) electrons. The molecule has 0 aliphatic carbocycles. The topological polar surface area (TPSA) is 58.2 Å². The van der Waals surface area contributed by atoms with Crippen LogP contribution in [0.15, 0.2) is 27.1 Å². The molecule has 0 aliphatic heterocycles. The summed E-state index contributed by atoms with van der Waals surface area (Å²) < 4.78 is 1.60. The van der Waals surface area contributed by atoms with Crippen molar-refractivity contribution >= 4 is 43.7 Å². The molecule has 6 heteroatoms. The van der Waals surface area contributed by atoms with Crippen LogP contribution in [0.5, 0.6) is 0 Å². The lowest BCUT2D eigenvalue weighted by molar-refractivity contribution is -0.122. The highest BCUT2D eigenvalue weighted by Gasteiger charge is 2.17. The first kappa shape index (κ1) is 17.2. The highest BCUT2D eigenvalue weighted by Crippen LogP contribution is 2.20. The van der Waals surface area contributed by atoms with Gasteiger partial charge in [0, 0.05) is 21.1 Å². The lowest BCUT2D eigenvalue weighted by atomic mass is 10.2. The van der Waals surface area contributed by atoms with Crippen molar-refractivity contribution in [2.45, 2.75) is 26.8 Å². The maximum atomic E-state index is 12.1. The zero-order valence-corrected chi connectivity index (χ0v) is 14.8. The van der Waals surface area contributed by atoms with Crippen molar-refractivity contribution in [2.75, 3.05) is 6.54 Å². The average Bonchev–Trinajstić information content (AvgIpc) is 2.34. The Labute approximate surface area is 136 Å². The molecule has 0 fully saturated rings. The molecule has 0 heterocycles. The number of nitrogens with one attached hydrogen (secondary N) is 2. The van der Waals surface area contributed by atoms with Crippen LogP contribution in [-0.2, 0) is 4.79 Å². The maximum Gasteiger partial charge on any atom is 0.251 e. The fourth-order valence-corrected chi connectivity index (χ4v) is 2.78. The van der Waals surface area contributed by atoms with Gasteiger partial charge in [-0.1, -0.05) is 45.7 Å². The number of carbonyl (C=O) groups is 2. The monoisotopic (exact) mass is 404 g/mol. The lowest BCUT2D eigenvalue weighted by Crippen LogP contribution is -2.45. The second kappa shape index (κ2) is 7.78. The van der Waals surface area contributed by atoms with Gasteiger partial charge in [0.15, 0.2) is 0 Å². The number of carbonyl (C=O) groups excluding carboxylic acids is 2. The summed E-state index contributed by atoms with van der Waals surface area (Å²) in [6, 6.07) is 4.69. The SMILES string of the molecule is CC(C)CNC(=O)C(C)NC(=O)c1cc(Br)cc(Br)c1. The average molecular weight is 406 g/mol. The van der Waals surface area contributed by atoms with E-state index in [9.17, 15) is 9.59 Å². The van der Waals surface area contributed by atoms with Gasteiger partial charge in [-0.15, -0.1) is 0 Å². The third-order valence-electron chi connectivity index (χ3n) is 2.55. The van der Waals surface area contributed by atoms with Crippen molar-refractivity contribution in [3.05, 3.63) is 32.7 Å². The summed E-state index contributed by atoms with van der Waals surface area (Å²) in [5.41, 5.74) is 0.495. The highest BCUT2D eigenvalue weighted by atomic mass is 79.9. The molecular weight excluding hydrogens is 388 g/mol. The third kappa shape index (κ3) is 5.63. The fourth-order valence-electron chi connectivity index (χ4n) is 1.49. The molecule has 0 saturated heterocycles. The molecule has 0 saturated carbocycles. The summed E-state index contributed by atoms with van der Waals surface area (Å²) in [6.07, 6.45) is 0. The first-order chi connectivity index (χ1) is 9.29. The fraction of sp³-hybridized carbons (Fsp3) is 0.429. The zero-order chi connectivity index (χ0) is 15.3. The Balaban J connectivity index is 2.63. The van der Waals surface area contributed by atoms with Crippen LogP contribution < -0.4 is 10.6 Å². The van der Waals surface area contributed by atoms with E-state index in [4.69, 9.17) is 0 Å². The van der Waals surface area contributed by atoms with Crippen molar-refractivity contribution in [2.24, 2.45) is 5.92 Å². The van der Waals surface area contributed by atoms with Crippen molar-refractivity contribution in [3.63, 3.8) is 0 Å². The summed E-state index contributed by atoms with van der Waals surface area (Å²) in [7, 11) is 0. The molecule has 0 bridgehead atoms. The number of halogens is 2. The molecule has 1 unspecified atom stereocenters. The van der Waals surface area contributed by atoms with Gasteiger partial charge in [-0.2, -0.15) is 0 Å². The van der Waals surface area contributed by atoms with Gasteiger partial charge in [0.25, 0.3) is 5.91 Å². The van der Waals surface area contributed by atoms with Crippen LogP contribution in [0.1, 0.15) is 31.1 Å². The van der Waals surface area contributed by atoms with Gasteiger partial charge in [0.1, 0.15) is 6.04 Å². The minimum Gasteiger partial charge on any atom is -0.354 e. The Morgan fingerprint density at radius 3 is 2.15 bits per heavy atom. The van der Waals surface area contributed by atoms with E-state index >= 15 is 0 Å². The van der Waals surface area contributed by atoms with E-state index in [1.807, 2.05) is 19.9 Å². The molecule has 1 rings (SSSR count). The van der Waals surface area contributed by atoms with Crippen molar-refractivity contribution in [1.29, 1.82) is 0 Å². The van der Waals surface area contributed by atoms with Gasteiger partial charge in [-0.05, 0) is 31.0 Å². The van der Waals surface area contributed by atoms with E-state index in [0.717, 1.165) is 8.95 Å². The van der Waals surface area contributed by atoms with E-state index in [0.29, 0.717) is 18.0 Å². The van der Waals surface area contributed by atoms with Gasteiger partial charge in [-0.25, -0.2) is 0 Å². The third-order valence-corrected chi connectivity index (χ3v) is 3.47. The molecule has 0 spiro atoms. The summed E-state index contributed by atoms with van der Waals surface area (Å²) in [5.74, 6) is -0.0804. The molecule has 1 atom stereocenters. The number of amides is 2. The van der Waals surface area contributed by atoms with Crippen molar-refractivity contribution in [3.8, 4) is 0 Å². The van der Waals surface area contributed by atoms with Gasteiger partial charge in [-0.3, -0.25) is 9.59 Å². The van der Waals surface area contributed by atoms with Crippen LogP contribution in [0.25, 0.3) is 0 Å². The predicted molar refractivity (Wildman–Crippen MR) is 86.6 cm³/mol. The second-order valence-corrected chi connectivity index (χ2v) is 6.82. The molecule has 1 aromatic carbocycles. The van der Waals surface area contributed by atoms with Gasteiger partial charge >= 0.3 is 0 Å². The number of rotatable bonds is 5. The molecule has 20 heavy (non-hydrogen) atoms. The van der Waals surface area contributed by atoms with Crippen LogP contribution in [-0.4, -0.2) is 24.4 Å². The Morgan fingerprint density at radius 2 is 1.65 bits per heavy atom. The van der Waals surface area contributed by atoms with Gasteiger partial charge < -0.3 is 10.6 Å². The Bertz CT molecular complexity index is 484. The predicted octanol–water partition coefficient (Wildman–Crippen LogP) is 3.10. The van der Waals surface area contributed by atoms with E-state index in [2.05, 4.69) is 42.5 Å². The largest absolute Gasteiger partial charge is 0.354 e. The number of hydrogen-bond donors (Lipinski definition) is 2. The minimum atomic E-state index is -0.570. The van der Waals surface area contributed by atoms with Gasteiger partial charge in [0.05, 0.1) is 0 Å². The van der Waals surface area contributed by atoms with E-state index in [-0.39, 0.29) is 11.8 Å². The first-order valence-electron chi connectivity index (χ1n) is 6.34. The molecule has 0 aliphatic rings. The summed E-state index contributed by atoms with van der Waals surface area (Å²) in [6.45, 7) is 6.30. The second-order valence-electron chi connectivity index (χ2n) is 4.99. The van der Waals surface area contributed by atoms with Crippen LogP contribution in [0, 0.1) is 5.92 Å². The number of hydrogen-bond acceptors (Lipinski definition) is 2. The van der Waals surface area contributed by atoms with Crippen LogP contribution in [0.3, 0.4) is 0 Å². The minimum absolute atomic E-state index is 0.180. The normalized spacial score (nSPS) is 12.1. The molecule has 0 aromatic heterocycles. The number of benzene rings is 1. The zero-order valence-electron chi connectivity index (χ0n) is 11.7. The lowest BCUT2D eigenvalue weighted by Gasteiger charge is -2.15. The Kier molecular flexibility index (Phi) is 6.68. The quantitative estimate of drug-likeness (QED) is 0.790. The molecule has 2 N–H and O–H groups in total. The van der Waals surface area contributed by atoms with Gasteiger partial charge in [0.2, 0.25) is 5.91 Å². The molecule has 2 amide bonds. The highest BCUT2D eigenvalue weighted by molar-refractivity contribution is 9.11. The molecule has 110 valence electrons. The first-order valence-corrected chi connectivity index (χ1v) is 7.93. The molecular formula is C14H18Br2N2O2. The molecule has 1 aromatic rings. The smallest absolute Gasteiger partial charge is 0.251 e. The standard InChI is InChI=1S/C14H18Br2N2O2/c1-8(2)7-17-13(19)9(3)18-14(20)10-4-11(15)6-12(16)5-10/h4-6,8-9H,7H2,1-3H3,(H,17,19)(H,18,20).